The second kappa shape index (κ2) is 4.43. The van der Waals surface area contributed by atoms with Gasteiger partial charge in [-0.3, -0.25) is 4.79 Å². The number of hydrogen-bond acceptors (Lipinski definition) is 2. The van der Waals surface area contributed by atoms with Crippen LogP contribution in [0, 0.1) is 5.92 Å². The van der Waals surface area contributed by atoms with Crippen molar-refractivity contribution in [2.24, 2.45) is 5.92 Å². The molecule has 0 radical (unpaired) electrons. The first kappa shape index (κ1) is 11.0. The van der Waals surface area contributed by atoms with Crippen LogP contribution in [-0.2, 0) is 9.53 Å². The van der Waals surface area contributed by atoms with Crippen molar-refractivity contribution < 1.29 is 9.53 Å². The predicted octanol–water partition coefficient (Wildman–Crippen LogP) is 2.39. The molecule has 2 atom stereocenters. The standard InChI is InChI=1S/C10H17ClO2/c1-3-10(2)6-8(4-5-13-10)9(12)7-11/h8H,3-7H2,1-2H3/t8-,10+/m1/s1. The zero-order chi connectivity index (χ0) is 9.90. The van der Waals surface area contributed by atoms with Gasteiger partial charge in [0, 0.05) is 12.5 Å². The van der Waals surface area contributed by atoms with Crippen molar-refractivity contribution in [1.29, 1.82) is 0 Å². The quantitative estimate of drug-likeness (QED) is 0.660. The largest absolute Gasteiger partial charge is 0.375 e. The summed E-state index contributed by atoms with van der Waals surface area (Å²) >= 11 is 5.53. The number of ketones is 1. The van der Waals surface area contributed by atoms with E-state index in [1.807, 2.05) is 0 Å². The van der Waals surface area contributed by atoms with Crippen molar-refractivity contribution >= 4 is 17.4 Å². The van der Waals surface area contributed by atoms with Gasteiger partial charge in [0.15, 0.2) is 5.78 Å². The third-order valence-corrected chi connectivity index (χ3v) is 3.19. The summed E-state index contributed by atoms with van der Waals surface area (Å²) in [5.74, 6) is 0.436. The molecule has 0 aromatic carbocycles. The second-order valence-corrected chi connectivity index (χ2v) is 4.21. The number of alkyl halides is 1. The fraction of sp³-hybridized carbons (Fsp3) is 0.900. The second-order valence-electron chi connectivity index (χ2n) is 3.94. The highest BCUT2D eigenvalue weighted by Crippen LogP contribution is 2.32. The van der Waals surface area contributed by atoms with Gasteiger partial charge in [0.2, 0.25) is 0 Å². The van der Waals surface area contributed by atoms with Gasteiger partial charge in [-0.05, 0) is 26.2 Å². The Labute approximate surface area is 84.6 Å². The lowest BCUT2D eigenvalue weighted by Gasteiger charge is -2.36. The van der Waals surface area contributed by atoms with Crippen molar-refractivity contribution in [2.45, 2.75) is 38.7 Å². The van der Waals surface area contributed by atoms with Crippen LogP contribution in [0.1, 0.15) is 33.1 Å². The maximum Gasteiger partial charge on any atom is 0.150 e. The molecular formula is C10H17ClO2. The van der Waals surface area contributed by atoms with E-state index in [0.717, 1.165) is 19.3 Å². The Morgan fingerprint density at radius 3 is 2.92 bits per heavy atom. The first-order valence-corrected chi connectivity index (χ1v) is 5.37. The fourth-order valence-electron chi connectivity index (χ4n) is 1.76. The van der Waals surface area contributed by atoms with Crippen molar-refractivity contribution in [3.05, 3.63) is 0 Å². The number of hydrogen-bond donors (Lipinski definition) is 0. The Bertz CT molecular complexity index is 193. The van der Waals surface area contributed by atoms with Gasteiger partial charge in [-0.1, -0.05) is 6.92 Å². The zero-order valence-electron chi connectivity index (χ0n) is 8.31. The minimum absolute atomic E-state index is 0.107. The molecule has 0 aliphatic carbocycles. The van der Waals surface area contributed by atoms with E-state index in [1.54, 1.807) is 0 Å². The lowest BCUT2D eigenvalue weighted by molar-refractivity contribution is -0.132. The fourth-order valence-corrected chi connectivity index (χ4v) is 1.98. The molecule has 13 heavy (non-hydrogen) atoms. The molecule has 1 heterocycles. The summed E-state index contributed by atoms with van der Waals surface area (Å²) in [4.78, 5) is 11.4. The highest BCUT2D eigenvalue weighted by atomic mass is 35.5. The van der Waals surface area contributed by atoms with E-state index in [1.165, 1.54) is 0 Å². The van der Waals surface area contributed by atoms with Gasteiger partial charge in [-0.25, -0.2) is 0 Å². The smallest absolute Gasteiger partial charge is 0.150 e. The summed E-state index contributed by atoms with van der Waals surface area (Å²) < 4.78 is 5.64. The van der Waals surface area contributed by atoms with Gasteiger partial charge in [-0.15, -0.1) is 11.6 Å². The number of Topliss-reactive ketones (excluding diaryl/α,β-unsaturated/α-hetero) is 1. The van der Waals surface area contributed by atoms with Crippen LogP contribution in [-0.4, -0.2) is 23.9 Å². The molecule has 0 spiro atoms. The van der Waals surface area contributed by atoms with Crippen LogP contribution in [0.4, 0.5) is 0 Å². The minimum atomic E-state index is -0.107. The summed E-state index contributed by atoms with van der Waals surface area (Å²) in [6.45, 7) is 4.85. The molecule has 1 saturated heterocycles. The number of halogens is 1. The van der Waals surface area contributed by atoms with E-state index in [2.05, 4.69) is 13.8 Å². The molecule has 0 unspecified atom stereocenters. The molecule has 1 aliphatic rings. The lowest BCUT2D eigenvalue weighted by Crippen LogP contribution is -2.39. The van der Waals surface area contributed by atoms with Crippen LogP contribution < -0.4 is 0 Å². The van der Waals surface area contributed by atoms with Gasteiger partial charge in [0.05, 0.1) is 11.5 Å². The molecule has 1 fully saturated rings. The lowest BCUT2D eigenvalue weighted by atomic mass is 9.83. The first-order valence-electron chi connectivity index (χ1n) is 4.84. The summed E-state index contributed by atoms with van der Waals surface area (Å²) in [5.41, 5.74) is -0.107. The Balaban J connectivity index is 2.56. The monoisotopic (exact) mass is 204 g/mol. The summed E-state index contributed by atoms with van der Waals surface area (Å²) in [6.07, 6.45) is 2.62. The van der Waals surface area contributed by atoms with E-state index in [0.29, 0.717) is 6.61 Å². The van der Waals surface area contributed by atoms with Gasteiger partial charge < -0.3 is 4.74 Å². The molecule has 0 amide bonds. The first-order chi connectivity index (χ1) is 6.11. The maximum atomic E-state index is 11.4. The van der Waals surface area contributed by atoms with Crippen LogP contribution in [0.15, 0.2) is 0 Å². The number of carbonyl (C=O) groups excluding carboxylic acids is 1. The SMILES string of the molecule is CC[C@@]1(C)C[C@H](C(=O)CCl)CCO1. The Morgan fingerprint density at radius 1 is 1.69 bits per heavy atom. The van der Waals surface area contributed by atoms with Crippen LogP contribution in [0.5, 0.6) is 0 Å². The highest BCUT2D eigenvalue weighted by Gasteiger charge is 2.34. The average molecular weight is 205 g/mol. The van der Waals surface area contributed by atoms with Crippen molar-refractivity contribution in [2.75, 3.05) is 12.5 Å². The molecule has 1 aliphatic heterocycles. The predicted molar refractivity (Wildman–Crippen MR) is 53.1 cm³/mol. The van der Waals surface area contributed by atoms with E-state index in [4.69, 9.17) is 16.3 Å². The minimum Gasteiger partial charge on any atom is -0.375 e. The van der Waals surface area contributed by atoms with Crippen LogP contribution in [0.2, 0.25) is 0 Å². The number of rotatable bonds is 3. The summed E-state index contributed by atoms with van der Waals surface area (Å²) in [7, 11) is 0. The highest BCUT2D eigenvalue weighted by molar-refractivity contribution is 6.27. The zero-order valence-corrected chi connectivity index (χ0v) is 9.06. The maximum absolute atomic E-state index is 11.4. The Morgan fingerprint density at radius 2 is 2.38 bits per heavy atom. The van der Waals surface area contributed by atoms with E-state index < -0.39 is 0 Å². The molecular weight excluding hydrogens is 188 g/mol. The van der Waals surface area contributed by atoms with E-state index in [-0.39, 0.29) is 23.2 Å². The van der Waals surface area contributed by atoms with Crippen LogP contribution >= 0.6 is 11.6 Å². The number of ether oxygens (including phenoxy) is 1. The molecule has 0 N–H and O–H groups in total. The van der Waals surface area contributed by atoms with Gasteiger partial charge in [-0.2, -0.15) is 0 Å². The molecule has 2 nitrogen and oxygen atoms in total. The van der Waals surface area contributed by atoms with Gasteiger partial charge >= 0.3 is 0 Å². The van der Waals surface area contributed by atoms with Crippen molar-refractivity contribution in [3.63, 3.8) is 0 Å². The van der Waals surface area contributed by atoms with Gasteiger partial charge in [0.1, 0.15) is 0 Å². The molecule has 0 bridgehead atoms. The molecule has 0 aromatic rings. The van der Waals surface area contributed by atoms with E-state index in [9.17, 15) is 4.79 Å². The normalized spacial score (nSPS) is 34.5. The Kier molecular flexibility index (Phi) is 3.74. The van der Waals surface area contributed by atoms with E-state index >= 15 is 0 Å². The van der Waals surface area contributed by atoms with Crippen molar-refractivity contribution in [3.8, 4) is 0 Å². The molecule has 0 aromatic heterocycles. The van der Waals surface area contributed by atoms with Crippen LogP contribution in [0.3, 0.4) is 0 Å². The Hall–Kier alpha value is -0.0800. The van der Waals surface area contributed by atoms with Gasteiger partial charge in [0.25, 0.3) is 0 Å². The summed E-state index contributed by atoms with van der Waals surface area (Å²) in [6, 6.07) is 0. The summed E-state index contributed by atoms with van der Waals surface area (Å²) in [5, 5.41) is 0. The van der Waals surface area contributed by atoms with Crippen LogP contribution in [0.25, 0.3) is 0 Å². The number of carbonyl (C=O) groups is 1. The topological polar surface area (TPSA) is 26.3 Å². The molecule has 1 rings (SSSR count). The average Bonchev–Trinajstić information content (AvgIpc) is 2.17. The van der Waals surface area contributed by atoms with Crippen molar-refractivity contribution in [1.82, 2.24) is 0 Å². The molecule has 76 valence electrons. The molecule has 0 saturated carbocycles. The molecule has 3 heteroatoms. The third-order valence-electron chi connectivity index (χ3n) is 2.93. The third kappa shape index (κ3) is 2.68.